The summed E-state index contributed by atoms with van der Waals surface area (Å²) >= 11 is 12.0. The van der Waals surface area contributed by atoms with Gasteiger partial charge in [0.25, 0.3) is 0 Å². The Morgan fingerprint density at radius 2 is 1.67 bits per heavy atom. The van der Waals surface area contributed by atoms with Gasteiger partial charge in [0.1, 0.15) is 0 Å². The molecule has 0 aliphatic carbocycles. The molecular weight excluding hydrogens is 357 g/mol. The number of likely N-dealkylation sites (N-methyl/N-ethyl adjacent to an activating group) is 1. The van der Waals surface area contributed by atoms with E-state index in [4.69, 9.17) is 23.2 Å². The first-order valence-corrected chi connectivity index (χ1v) is 8.05. The molecule has 0 unspecified atom stereocenters. The van der Waals surface area contributed by atoms with Crippen molar-refractivity contribution in [3.05, 3.63) is 28.2 Å². The number of hydrogen-bond donors (Lipinski definition) is 2. The van der Waals surface area contributed by atoms with Gasteiger partial charge in [0.15, 0.2) is 0 Å². The standard InChI is InChI=1S/C15H19Cl2N3O4/c1-3-20(9-13(22)19-15(23)24-4-2)8-12(21)18-14-10(16)6-5-7-11(14)17/h5-7H,3-4,8-9H2,1-2H3,(H,18,21)(H,19,22,23). The van der Waals surface area contributed by atoms with Crippen molar-refractivity contribution in [1.82, 2.24) is 10.2 Å². The molecule has 0 bridgehead atoms. The minimum absolute atomic E-state index is 0.0612. The summed E-state index contributed by atoms with van der Waals surface area (Å²) < 4.78 is 4.62. The number of nitrogens with one attached hydrogen (secondary N) is 2. The van der Waals surface area contributed by atoms with Gasteiger partial charge in [-0.15, -0.1) is 0 Å². The van der Waals surface area contributed by atoms with Gasteiger partial charge in [0.05, 0.1) is 35.4 Å². The Bertz CT molecular complexity index is 590. The molecule has 0 atom stereocenters. The zero-order valence-electron chi connectivity index (χ0n) is 13.4. The molecule has 24 heavy (non-hydrogen) atoms. The van der Waals surface area contributed by atoms with Crippen molar-refractivity contribution in [3.8, 4) is 0 Å². The maximum absolute atomic E-state index is 12.1. The molecule has 132 valence electrons. The molecule has 3 amide bonds. The lowest BCUT2D eigenvalue weighted by atomic mass is 10.3. The van der Waals surface area contributed by atoms with Gasteiger partial charge in [0.2, 0.25) is 11.8 Å². The van der Waals surface area contributed by atoms with Gasteiger partial charge in [-0.1, -0.05) is 36.2 Å². The predicted molar refractivity (Wildman–Crippen MR) is 92.4 cm³/mol. The third-order valence-corrected chi connectivity index (χ3v) is 3.56. The van der Waals surface area contributed by atoms with Crippen LogP contribution in [0, 0.1) is 0 Å². The lowest BCUT2D eigenvalue weighted by Gasteiger charge is -2.19. The van der Waals surface area contributed by atoms with Crippen LogP contribution in [0.3, 0.4) is 0 Å². The van der Waals surface area contributed by atoms with E-state index in [1.165, 1.54) is 0 Å². The number of nitrogens with zero attached hydrogens (tertiary/aromatic N) is 1. The monoisotopic (exact) mass is 375 g/mol. The lowest BCUT2D eigenvalue weighted by Crippen LogP contribution is -2.43. The SMILES string of the molecule is CCOC(=O)NC(=O)CN(CC)CC(=O)Nc1c(Cl)cccc1Cl. The molecule has 0 saturated heterocycles. The Hall–Kier alpha value is -1.83. The minimum Gasteiger partial charge on any atom is -0.450 e. The number of imide groups is 1. The van der Waals surface area contributed by atoms with Gasteiger partial charge in [-0.2, -0.15) is 0 Å². The largest absolute Gasteiger partial charge is 0.450 e. The molecule has 9 heteroatoms. The molecule has 0 aromatic heterocycles. The van der Waals surface area contributed by atoms with Crippen molar-refractivity contribution in [3.63, 3.8) is 0 Å². The molecular formula is C15H19Cl2N3O4. The van der Waals surface area contributed by atoms with Crippen LogP contribution in [0.25, 0.3) is 0 Å². The van der Waals surface area contributed by atoms with Crippen LogP contribution in [0.4, 0.5) is 10.5 Å². The van der Waals surface area contributed by atoms with E-state index in [1.807, 2.05) is 0 Å². The van der Waals surface area contributed by atoms with Crippen molar-refractivity contribution in [1.29, 1.82) is 0 Å². The highest BCUT2D eigenvalue weighted by Gasteiger charge is 2.17. The van der Waals surface area contributed by atoms with Gasteiger partial charge >= 0.3 is 6.09 Å². The fourth-order valence-corrected chi connectivity index (χ4v) is 2.29. The number of hydrogen-bond acceptors (Lipinski definition) is 5. The van der Waals surface area contributed by atoms with Crippen LogP contribution in [0.5, 0.6) is 0 Å². The van der Waals surface area contributed by atoms with E-state index in [-0.39, 0.29) is 25.6 Å². The fourth-order valence-electron chi connectivity index (χ4n) is 1.80. The molecule has 7 nitrogen and oxygen atoms in total. The lowest BCUT2D eigenvalue weighted by molar-refractivity contribution is -0.122. The van der Waals surface area contributed by atoms with E-state index in [1.54, 1.807) is 36.9 Å². The van der Waals surface area contributed by atoms with Crippen molar-refractivity contribution in [2.75, 3.05) is 31.6 Å². The average molecular weight is 376 g/mol. The normalized spacial score (nSPS) is 10.4. The van der Waals surface area contributed by atoms with Crippen molar-refractivity contribution in [2.45, 2.75) is 13.8 Å². The summed E-state index contributed by atoms with van der Waals surface area (Å²) in [5.74, 6) is -0.935. The molecule has 0 spiro atoms. The van der Waals surface area contributed by atoms with Crippen LogP contribution in [-0.2, 0) is 14.3 Å². The maximum atomic E-state index is 12.1. The first kappa shape index (κ1) is 20.2. The van der Waals surface area contributed by atoms with Crippen LogP contribution in [0.15, 0.2) is 18.2 Å². The molecule has 0 heterocycles. The number of carbonyl (C=O) groups is 3. The van der Waals surface area contributed by atoms with Gasteiger partial charge in [-0.05, 0) is 25.6 Å². The zero-order valence-corrected chi connectivity index (χ0v) is 14.9. The van der Waals surface area contributed by atoms with E-state index in [9.17, 15) is 14.4 Å². The van der Waals surface area contributed by atoms with Crippen LogP contribution >= 0.6 is 23.2 Å². The van der Waals surface area contributed by atoms with Gasteiger partial charge in [-0.25, -0.2) is 4.79 Å². The topological polar surface area (TPSA) is 87.7 Å². The van der Waals surface area contributed by atoms with E-state index >= 15 is 0 Å². The van der Waals surface area contributed by atoms with E-state index in [2.05, 4.69) is 15.4 Å². The molecule has 0 aliphatic heterocycles. The van der Waals surface area contributed by atoms with Crippen LogP contribution in [0.1, 0.15) is 13.8 Å². The molecule has 0 radical (unpaired) electrons. The summed E-state index contributed by atoms with van der Waals surface area (Å²) in [6, 6.07) is 4.87. The molecule has 0 aliphatic rings. The number of rotatable bonds is 7. The van der Waals surface area contributed by atoms with Gasteiger partial charge in [-0.3, -0.25) is 19.8 Å². The number of carbonyl (C=O) groups excluding carboxylic acids is 3. The second kappa shape index (κ2) is 10.1. The number of halogens is 2. The number of anilines is 1. The second-order valence-electron chi connectivity index (χ2n) is 4.72. The summed E-state index contributed by atoms with van der Waals surface area (Å²) in [4.78, 5) is 36.5. The molecule has 0 saturated carbocycles. The maximum Gasteiger partial charge on any atom is 0.413 e. The second-order valence-corrected chi connectivity index (χ2v) is 5.53. The number of amides is 3. The molecule has 2 N–H and O–H groups in total. The minimum atomic E-state index is -0.814. The summed E-state index contributed by atoms with van der Waals surface area (Å²) in [6.07, 6.45) is -0.814. The van der Waals surface area contributed by atoms with Crippen LogP contribution < -0.4 is 10.6 Å². The van der Waals surface area contributed by atoms with Gasteiger partial charge < -0.3 is 10.1 Å². The Kier molecular flexibility index (Phi) is 8.53. The van der Waals surface area contributed by atoms with E-state index < -0.39 is 12.0 Å². The van der Waals surface area contributed by atoms with Crippen LogP contribution in [0.2, 0.25) is 10.0 Å². The van der Waals surface area contributed by atoms with E-state index in [0.717, 1.165) is 0 Å². The first-order valence-electron chi connectivity index (χ1n) is 7.30. The Morgan fingerprint density at radius 3 is 2.21 bits per heavy atom. The Balaban J connectivity index is 2.57. The fraction of sp³-hybridized carbons (Fsp3) is 0.400. The quantitative estimate of drug-likeness (QED) is 0.764. The molecule has 1 aromatic carbocycles. The Morgan fingerprint density at radius 1 is 1.08 bits per heavy atom. The summed E-state index contributed by atoms with van der Waals surface area (Å²) in [7, 11) is 0. The highest BCUT2D eigenvalue weighted by molar-refractivity contribution is 6.39. The highest BCUT2D eigenvalue weighted by atomic mass is 35.5. The third kappa shape index (κ3) is 6.74. The zero-order chi connectivity index (χ0) is 18.1. The van der Waals surface area contributed by atoms with Crippen molar-refractivity contribution < 1.29 is 19.1 Å². The van der Waals surface area contributed by atoms with Crippen LogP contribution in [-0.4, -0.2) is 49.0 Å². The Labute approximate surface area is 150 Å². The number of ether oxygens (including phenoxy) is 1. The molecule has 1 aromatic rings. The van der Waals surface area contributed by atoms with E-state index in [0.29, 0.717) is 22.3 Å². The van der Waals surface area contributed by atoms with Crippen molar-refractivity contribution >= 4 is 46.8 Å². The predicted octanol–water partition coefficient (Wildman–Crippen LogP) is 2.53. The van der Waals surface area contributed by atoms with Crippen molar-refractivity contribution in [2.24, 2.45) is 0 Å². The smallest absolute Gasteiger partial charge is 0.413 e. The molecule has 0 fully saturated rings. The molecule has 1 rings (SSSR count). The number of benzene rings is 1. The first-order chi connectivity index (χ1) is 11.4. The summed E-state index contributed by atoms with van der Waals surface area (Å²) in [6.45, 7) is 3.82. The highest BCUT2D eigenvalue weighted by Crippen LogP contribution is 2.29. The average Bonchev–Trinajstić information content (AvgIpc) is 2.50. The third-order valence-electron chi connectivity index (χ3n) is 2.93. The van der Waals surface area contributed by atoms with Gasteiger partial charge in [0, 0.05) is 0 Å². The summed E-state index contributed by atoms with van der Waals surface area (Å²) in [5.41, 5.74) is 0.317. The summed E-state index contributed by atoms with van der Waals surface area (Å²) in [5, 5.41) is 5.32. The number of alkyl carbamates (subject to hydrolysis) is 1. The number of para-hydroxylation sites is 1.